The summed E-state index contributed by atoms with van der Waals surface area (Å²) in [5, 5.41) is 13.3. The Labute approximate surface area is 136 Å². The molecule has 6 heteroatoms. The molecule has 0 spiro atoms. The van der Waals surface area contributed by atoms with Crippen molar-refractivity contribution in [3.63, 3.8) is 0 Å². The highest BCUT2D eigenvalue weighted by Gasteiger charge is 2.23. The number of carboxylic acids is 1. The quantitative estimate of drug-likeness (QED) is 0.789. The van der Waals surface area contributed by atoms with Crippen molar-refractivity contribution in [2.75, 3.05) is 0 Å². The highest BCUT2D eigenvalue weighted by Crippen LogP contribution is 2.26. The summed E-state index contributed by atoms with van der Waals surface area (Å²) in [6, 6.07) is 15.3. The van der Waals surface area contributed by atoms with Crippen molar-refractivity contribution in [2.24, 2.45) is 4.99 Å². The number of carboxylic acid groups (broad SMARTS) is 1. The van der Waals surface area contributed by atoms with Crippen LogP contribution >= 0.6 is 0 Å². The third-order valence-corrected chi connectivity index (χ3v) is 3.92. The molecule has 1 N–H and O–H groups in total. The first-order valence-corrected chi connectivity index (χ1v) is 7.36. The van der Waals surface area contributed by atoms with E-state index in [0.29, 0.717) is 28.2 Å². The fourth-order valence-corrected chi connectivity index (χ4v) is 2.83. The Morgan fingerprint density at radius 1 is 1.08 bits per heavy atom. The molecule has 4 rings (SSSR count). The van der Waals surface area contributed by atoms with Gasteiger partial charge < -0.3 is 5.11 Å². The van der Waals surface area contributed by atoms with Crippen LogP contribution in [-0.4, -0.2) is 26.6 Å². The average molecular weight is 321 g/mol. The second-order valence-corrected chi connectivity index (χ2v) is 5.40. The molecule has 0 saturated heterocycles. The Kier molecular flexibility index (Phi) is 3.23. The molecule has 0 bridgehead atoms. The van der Waals surface area contributed by atoms with Crippen LogP contribution in [0.4, 0.5) is 4.39 Å². The molecule has 2 aromatic carbocycles. The van der Waals surface area contributed by atoms with E-state index in [0.717, 1.165) is 0 Å². The molecule has 0 saturated carbocycles. The molecule has 2 heterocycles. The highest BCUT2D eigenvalue weighted by atomic mass is 19.1. The van der Waals surface area contributed by atoms with Crippen LogP contribution in [0.2, 0.25) is 0 Å². The topological polar surface area (TPSA) is 67.5 Å². The molecule has 24 heavy (non-hydrogen) atoms. The van der Waals surface area contributed by atoms with Crippen molar-refractivity contribution in [1.82, 2.24) is 9.78 Å². The predicted octanol–water partition coefficient (Wildman–Crippen LogP) is 3.06. The average Bonchev–Trinajstić information content (AvgIpc) is 2.95. The van der Waals surface area contributed by atoms with E-state index in [1.807, 2.05) is 24.3 Å². The maximum Gasteiger partial charge on any atom is 0.356 e. The van der Waals surface area contributed by atoms with E-state index in [2.05, 4.69) is 10.1 Å². The Morgan fingerprint density at radius 3 is 2.54 bits per heavy atom. The standard InChI is InChI=1S/C18H12FN3O2/c19-14-7-3-1-5-12(14)17-13-6-2-4-8-16(13)22-11(10-20-17)9-15(21-22)18(23)24/h1-9H,10H2,(H,23,24). The summed E-state index contributed by atoms with van der Waals surface area (Å²) in [7, 11) is 0. The van der Waals surface area contributed by atoms with Crippen molar-refractivity contribution in [1.29, 1.82) is 0 Å². The van der Waals surface area contributed by atoms with Crippen LogP contribution in [0, 0.1) is 5.82 Å². The van der Waals surface area contributed by atoms with E-state index >= 15 is 0 Å². The monoisotopic (exact) mass is 321 g/mol. The van der Waals surface area contributed by atoms with E-state index < -0.39 is 5.97 Å². The number of carbonyl (C=O) groups is 1. The molecule has 0 aliphatic carbocycles. The second kappa shape index (κ2) is 5.42. The molecule has 1 aliphatic rings. The van der Waals surface area contributed by atoms with E-state index in [1.165, 1.54) is 12.1 Å². The molecule has 3 aromatic rings. The molecule has 0 radical (unpaired) electrons. The van der Waals surface area contributed by atoms with Crippen LogP contribution in [0.15, 0.2) is 59.6 Å². The first-order valence-electron chi connectivity index (χ1n) is 7.36. The molecule has 5 nitrogen and oxygen atoms in total. The van der Waals surface area contributed by atoms with Gasteiger partial charge in [-0.05, 0) is 24.3 Å². The molecular weight excluding hydrogens is 309 g/mol. The number of rotatable bonds is 2. The van der Waals surface area contributed by atoms with Gasteiger partial charge in [0.25, 0.3) is 0 Å². The zero-order chi connectivity index (χ0) is 16.7. The van der Waals surface area contributed by atoms with Gasteiger partial charge in [-0.1, -0.05) is 30.3 Å². The summed E-state index contributed by atoms with van der Waals surface area (Å²) in [5.41, 5.74) is 2.94. The summed E-state index contributed by atoms with van der Waals surface area (Å²) >= 11 is 0. The smallest absolute Gasteiger partial charge is 0.356 e. The lowest BCUT2D eigenvalue weighted by atomic mass is 10.0. The number of halogens is 1. The van der Waals surface area contributed by atoms with Crippen molar-refractivity contribution >= 4 is 11.7 Å². The van der Waals surface area contributed by atoms with Gasteiger partial charge in [-0.3, -0.25) is 4.99 Å². The van der Waals surface area contributed by atoms with Crippen molar-refractivity contribution < 1.29 is 14.3 Å². The number of aromatic carboxylic acids is 1. The number of benzene rings is 2. The van der Waals surface area contributed by atoms with Gasteiger partial charge in [0.15, 0.2) is 5.69 Å². The van der Waals surface area contributed by atoms with Gasteiger partial charge in [-0.25, -0.2) is 13.9 Å². The van der Waals surface area contributed by atoms with Gasteiger partial charge in [-0.15, -0.1) is 0 Å². The lowest BCUT2D eigenvalue weighted by Gasteiger charge is -2.11. The van der Waals surface area contributed by atoms with E-state index in [4.69, 9.17) is 5.11 Å². The van der Waals surface area contributed by atoms with Crippen LogP contribution in [0.1, 0.15) is 27.3 Å². The van der Waals surface area contributed by atoms with Gasteiger partial charge in [0.1, 0.15) is 5.82 Å². The summed E-state index contributed by atoms with van der Waals surface area (Å²) in [6.45, 7) is 0.221. The zero-order valence-corrected chi connectivity index (χ0v) is 12.5. The number of aliphatic imine (C=N–C) groups is 1. The van der Waals surface area contributed by atoms with Crippen LogP contribution < -0.4 is 0 Å². The molecule has 0 unspecified atom stereocenters. The number of nitrogens with zero attached hydrogens (tertiary/aromatic N) is 3. The fraction of sp³-hybridized carbons (Fsp3) is 0.0556. The Balaban J connectivity index is 1.95. The summed E-state index contributed by atoms with van der Waals surface area (Å²) < 4.78 is 15.8. The first kappa shape index (κ1) is 14.3. The minimum Gasteiger partial charge on any atom is -0.476 e. The lowest BCUT2D eigenvalue weighted by Crippen LogP contribution is -2.10. The maximum atomic E-state index is 14.2. The van der Waals surface area contributed by atoms with E-state index in [9.17, 15) is 9.18 Å². The third-order valence-electron chi connectivity index (χ3n) is 3.92. The van der Waals surface area contributed by atoms with Crippen molar-refractivity contribution in [3.8, 4) is 5.69 Å². The van der Waals surface area contributed by atoms with Crippen LogP contribution in [0.25, 0.3) is 5.69 Å². The number of fused-ring (bicyclic) bond motifs is 3. The van der Waals surface area contributed by atoms with Gasteiger partial charge >= 0.3 is 5.97 Å². The minimum absolute atomic E-state index is 0.0376. The van der Waals surface area contributed by atoms with Gasteiger partial charge in [-0.2, -0.15) is 5.10 Å². The van der Waals surface area contributed by atoms with Crippen LogP contribution in [0.3, 0.4) is 0 Å². The summed E-state index contributed by atoms with van der Waals surface area (Å²) in [4.78, 5) is 15.7. The molecule has 0 fully saturated rings. The minimum atomic E-state index is -1.09. The largest absolute Gasteiger partial charge is 0.476 e. The predicted molar refractivity (Wildman–Crippen MR) is 86.3 cm³/mol. The molecule has 1 aromatic heterocycles. The summed E-state index contributed by atoms with van der Waals surface area (Å²) in [5.74, 6) is -1.44. The number of hydrogen-bond acceptors (Lipinski definition) is 3. The SMILES string of the molecule is O=C(O)c1cc2n(n1)-c1ccccc1C(c1ccccc1F)=NC2. The molecule has 0 amide bonds. The molecule has 1 aliphatic heterocycles. The Hall–Kier alpha value is -3.28. The highest BCUT2D eigenvalue weighted by molar-refractivity contribution is 6.15. The maximum absolute atomic E-state index is 14.2. The summed E-state index contributed by atoms with van der Waals surface area (Å²) in [6.07, 6.45) is 0. The van der Waals surface area contributed by atoms with Crippen molar-refractivity contribution in [3.05, 3.63) is 82.9 Å². The Bertz CT molecular complexity index is 991. The molecule has 118 valence electrons. The first-order chi connectivity index (χ1) is 11.6. The molecular formula is C18H12FN3O2. The van der Waals surface area contributed by atoms with Crippen LogP contribution in [0.5, 0.6) is 0 Å². The molecule has 0 atom stereocenters. The van der Waals surface area contributed by atoms with Gasteiger partial charge in [0, 0.05) is 11.1 Å². The number of aromatic nitrogens is 2. The van der Waals surface area contributed by atoms with E-state index in [-0.39, 0.29) is 18.1 Å². The van der Waals surface area contributed by atoms with Gasteiger partial charge in [0.05, 0.1) is 23.6 Å². The number of hydrogen-bond donors (Lipinski definition) is 1. The van der Waals surface area contributed by atoms with Crippen molar-refractivity contribution in [2.45, 2.75) is 6.54 Å². The number of para-hydroxylation sites is 1. The lowest BCUT2D eigenvalue weighted by molar-refractivity contribution is 0.0690. The van der Waals surface area contributed by atoms with E-state index in [1.54, 1.807) is 22.9 Å². The van der Waals surface area contributed by atoms with Crippen LogP contribution in [-0.2, 0) is 6.54 Å². The normalized spacial score (nSPS) is 12.8. The fourth-order valence-electron chi connectivity index (χ4n) is 2.83. The third kappa shape index (κ3) is 2.20. The zero-order valence-electron chi connectivity index (χ0n) is 12.5. The second-order valence-electron chi connectivity index (χ2n) is 5.40. The van der Waals surface area contributed by atoms with Gasteiger partial charge in [0.2, 0.25) is 0 Å². The Morgan fingerprint density at radius 2 is 1.79 bits per heavy atom.